The second kappa shape index (κ2) is 8.82. The Morgan fingerprint density at radius 2 is 1.90 bits per heavy atom. The van der Waals surface area contributed by atoms with Gasteiger partial charge in [0.15, 0.2) is 11.5 Å². The first-order chi connectivity index (χ1) is 14.0. The number of nitrogens with zero attached hydrogens (tertiary/aromatic N) is 1. The number of rotatable bonds is 7. The van der Waals surface area contributed by atoms with Crippen LogP contribution in [-0.4, -0.2) is 49.5 Å². The molecule has 3 rings (SSSR count). The standard InChI is InChI=1S/C19H23N3O7/c1-26-14-7-11(8-15(27-2)16(14)28-3)21-17(23)13-9-20-19(25)22(18(13)24)10-12-5-4-6-29-12/h7-9,12H,4-6,10H2,1-3H3,(H,20,25)(H,21,23). The van der Waals surface area contributed by atoms with E-state index in [2.05, 4.69) is 10.3 Å². The number of benzene rings is 1. The van der Waals surface area contributed by atoms with E-state index in [1.807, 2.05) is 0 Å². The van der Waals surface area contributed by atoms with Crippen molar-refractivity contribution in [3.05, 3.63) is 44.7 Å². The van der Waals surface area contributed by atoms with Crippen LogP contribution < -0.4 is 30.8 Å². The summed E-state index contributed by atoms with van der Waals surface area (Å²) in [5.41, 5.74) is -1.14. The average Bonchev–Trinajstić information content (AvgIpc) is 3.23. The molecule has 0 bridgehead atoms. The number of carbonyl (C=O) groups is 1. The van der Waals surface area contributed by atoms with Gasteiger partial charge in [-0.25, -0.2) is 4.79 Å². The van der Waals surface area contributed by atoms with Gasteiger partial charge in [-0.1, -0.05) is 0 Å². The van der Waals surface area contributed by atoms with Gasteiger partial charge in [-0.3, -0.25) is 14.2 Å². The van der Waals surface area contributed by atoms with Crippen LogP contribution in [0.3, 0.4) is 0 Å². The van der Waals surface area contributed by atoms with Gasteiger partial charge >= 0.3 is 5.69 Å². The van der Waals surface area contributed by atoms with Crippen molar-refractivity contribution in [1.82, 2.24) is 9.55 Å². The van der Waals surface area contributed by atoms with Crippen LogP contribution in [0.15, 0.2) is 27.9 Å². The zero-order valence-electron chi connectivity index (χ0n) is 16.4. The summed E-state index contributed by atoms with van der Waals surface area (Å²) in [4.78, 5) is 39.9. The molecule has 1 aliphatic rings. The molecule has 0 radical (unpaired) electrons. The summed E-state index contributed by atoms with van der Waals surface area (Å²) in [5.74, 6) is 0.386. The normalized spacial score (nSPS) is 15.8. The van der Waals surface area contributed by atoms with Crippen LogP contribution in [0, 0.1) is 0 Å². The van der Waals surface area contributed by atoms with Crippen LogP contribution >= 0.6 is 0 Å². The van der Waals surface area contributed by atoms with E-state index in [0.717, 1.165) is 23.6 Å². The summed E-state index contributed by atoms with van der Waals surface area (Å²) < 4.78 is 22.2. The van der Waals surface area contributed by atoms with E-state index in [1.54, 1.807) is 0 Å². The van der Waals surface area contributed by atoms with E-state index in [4.69, 9.17) is 18.9 Å². The first-order valence-electron chi connectivity index (χ1n) is 9.04. The van der Waals surface area contributed by atoms with E-state index >= 15 is 0 Å². The van der Waals surface area contributed by atoms with Crippen LogP contribution in [0.25, 0.3) is 0 Å². The third-order valence-corrected chi connectivity index (χ3v) is 4.64. The summed E-state index contributed by atoms with van der Waals surface area (Å²) in [5, 5.41) is 2.62. The molecule has 1 aromatic carbocycles. The van der Waals surface area contributed by atoms with Gasteiger partial charge in [0.1, 0.15) is 5.56 Å². The molecule has 29 heavy (non-hydrogen) atoms. The van der Waals surface area contributed by atoms with Gasteiger partial charge in [-0.2, -0.15) is 0 Å². The first-order valence-corrected chi connectivity index (χ1v) is 9.04. The Balaban J connectivity index is 1.89. The highest BCUT2D eigenvalue weighted by Crippen LogP contribution is 2.39. The van der Waals surface area contributed by atoms with Gasteiger partial charge in [-0.15, -0.1) is 0 Å². The molecule has 2 aromatic rings. The smallest absolute Gasteiger partial charge is 0.328 e. The van der Waals surface area contributed by atoms with Gasteiger partial charge in [0.25, 0.3) is 11.5 Å². The lowest BCUT2D eigenvalue weighted by Gasteiger charge is -2.15. The number of H-pyrrole nitrogens is 1. The highest BCUT2D eigenvalue weighted by molar-refractivity contribution is 6.04. The van der Waals surface area contributed by atoms with Crippen LogP contribution in [0.4, 0.5) is 5.69 Å². The van der Waals surface area contributed by atoms with Crippen LogP contribution in [-0.2, 0) is 11.3 Å². The quantitative estimate of drug-likeness (QED) is 0.705. The van der Waals surface area contributed by atoms with Gasteiger partial charge in [0.2, 0.25) is 5.75 Å². The SMILES string of the molecule is COc1cc(NC(=O)c2c[nH]c(=O)n(CC3CCCO3)c2=O)cc(OC)c1OC. The summed E-state index contributed by atoms with van der Waals surface area (Å²) >= 11 is 0. The first kappa shape index (κ1) is 20.5. The Kier molecular flexibility index (Phi) is 6.23. The molecule has 1 aromatic heterocycles. The lowest BCUT2D eigenvalue weighted by molar-refractivity contribution is 0.0941. The summed E-state index contributed by atoms with van der Waals surface area (Å²) in [6, 6.07) is 3.08. The Labute approximate surface area is 166 Å². The van der Waals surface area contributed by atoms with Gasteiger partial charge in [-0.05, 0) is 12.8 Å². The van der Waals surface area contributed by atoms with Crippen LogP contribution in [0.2, 0.25) is 0 Å². The molecule has 10 nitrogen and oxygen atoms in total. The molecule has 1 fully saturated rings. The molecule has 1 atom stereocenters. The van der Waals surface area contributed by atoms with E-state index in [9.17, 15) is 14.4 Å². The molecule has 1 amide bonds. The van der Waals surface area contributed by atoms with E-state index in [-0.39, 0.29) is 18.2 Å². The zero-order chi connectivity index (χ0) is 21.0. The van der Waals surface area contributed by atoms with Crippen molar-refractivity contribution in [1.29, 1.82) is 0 Å². The molecular formula is C19H23N3O7. The van der Waals surface area contributed by atoms with E-state index in [1.165, 1.54) is 33.5 Å². The summed E-state index contributed by atoms with van der Waals surface area (Å²) in [6.45, 7) is 0.693. The van der Waals surface area contributed by atoms with Gasteiger partial charge < -0.3 is 29.2 Å². The number of hydrogen-bond acceptors (Lipinski definition) is 7. The Hall–Kier alpha value is -3.27. The lowest BCUT2D eigenvalue weighted by Crippen LogP contribution is -2.41. The van der Waals surface area contributed by atoms with Crippen molar-refractivity contribution in [2.24, 2.45) is 0 Å². The molecule has 2 N–H and O–H groups in total. The van der Waals surface area contributed by atoms with Crippen molar-refractivity contribution in [2.75, 3.05) is 33.3 Å². The fourth-order valence-electron chi connectivity index (χ4n) is 3.18. The number of carbonyl (C=O) groups excluding carboxylic acids is 1. The summed E-state index contributed by atoms with van der Waals surface area (Å²) in [7, 11) is 4.37. The minimum atomic E-state index is -0.686. The minimum Gasteiger partial charge on any atom is -0.493 e. The summed E-state index contributed by atoms with van der Waals surface area (Å²) in [6.07, 6.45) is 2.51. The molecular weight excluding hydrogens is 382 g/mol. The highest BCUT2D eigenvalue weighted by Gasteiger charge is 2.21. The molecule has 0 aliphatic carbocycles. The fourth-order valence-corrected chi connectivity index (χ4v) is 3.18. The number of nitrogens with one attached hydrogen (secondary N) is 2. The number of hydrogen-bond donors (Lipinski definition) is 2. The Morgan fingerprint density at radius 1 is 1.21 bits per heavy atom. The number of methoxy groups -OCH3 is 3. The second-order valence-corrected chi connectivity index (χ2v) is 6.43. The molecule has 10 heteroatoms. The zero-order valence-corrected chi connectivity index (χ0v) is 16.4. The maximum atomic E-state index is 12.7. The predicted octanol–water partition coefficient (Wildman–Crippen LogP) is 0.994. The molecule has 1 unspecified atom stereocenters. The number of ether oxygens (including phenoxy) is 4. The molecule has 1 saturated heterocycles. The third-order valence-electron chi connectivity index (χ3n) is 4.64. The minimum absolute atomic E-state index is 0.0967. The van der Waals surface area contributed by atoms with E-state index < -0.39 is 17.2 Å². The maximum Gasteiger partial charge on any atom is 0.328 e. The molecule has 0 spiro atoms. The largest absolute Gasteiger partial charge is 0.493 e. The number of aromatic nitrogens is 2. The predicted molar refractivity (Wildman–Crippen MR) is 104 cm³/mol. The van der Waals surface area contributed by atoms with Crippen LogP contribution in [0.5, 0.6) is 17.2 Å². The average molecular weight is 405 g/mol. The van der Waals surface area contributed by atoms with Crippen molar-refractivity contribution >= 4 is 11.6 Å². The monoisotopic (exact) mass is 405 g/mol. The van der Waals surface area contributed by atoms with Crippen molar-refractivity contribution in [3.63, 3.8) is 0 Å². The molecule has 2 heterocycles. The molecule has 1 aliphatic heterocycles. The highest BCUT2D eigenvalue weighted by atomic mass is 16.5. The molecule has 0 saturated carbocycles. The van der Waals surface area contributed by atoms with Crippen molar-refractivity contribution < 1.29 is 23.7 Å². The third kappa shape index (κ3) is 4.27. The number of aromatic amines is 1. The van der Waals surface area contributed by atoms with Crippen molar-refractivity contribution in [3.8, 4) is 17.2 Å². The van der Waals surface area contributed by atoms with Crippen LogP contribution in [0.1, 0.15) is 23.2 Å². The van der Waals surface area contributed by atoms with Crippen molar-refractivity contribution in [2.45, 2.75) is 25.5 Å². The maximum absolute atomic E-state index is 12.7. The number of anilines is 1. The second-order valence-electron chi connectivity index (χ2n) is 6.43. The molecule has 156 valence electrons. The fraction of sp³-hybridized carbons (Fsp3) is 0.421. The Morgan fingerprint density at radius 3 is 2.45 bits per heavy atom. The topological polar surface area (TPSA) is 121 Å². The van der Waals surface area contributed by atoms with Gasteiger partial charge in [0.05, 0.1) is 34.0 Å². The Bertz CT molecular complexity index is 981. The van der Waals surface area contributed by atoms with E-state index in [0.29, 0.717) is 29.5 Å². The lowest BCUT2D eigenvalue weighted by atomic mass is 10.2. The van der Waals surface area contributed by atoms with Gasteiger partial charge in [0, 0.05) is 30.6 Å². The number of amides is 1.